The monoisotopic (exact) mass is 213 g/mol. The quantitative estimate of drug-likeness (QED) is 0.746. The lowest BCUT2D eigenvalue weighted by atomic mass is 10.3. The maximum absolute atomic E-state index is 11.2. The summed E-state index contributed by atoms with van der Waals surface area (Å²) >= 11 is 5.46. The SMILES string of the molecule is O=C(CCCCl)NCc1ccncn1. The lowest BCUT2D eigenvalue weighted by Crippen LogP contribution is -2.22. The van der Waals surface area contributed by atoms with Crippen LogP contribution in [0.1, 0.15) is 18.5 Å². The molecule has 14 heavy (non-hydrogen) atoms. The second-order valence-corrected chi connectivity index (χ2v) is 3.15. The van der Waals surface area contributed by atoms with Gasteiger partial charge in [0.15, 0.2) is 0 Å². The molecule has 0 saturated heterocycles. The van der Waals surface area contributed by atoms with Crippen LogP contribution in [0.3, 0.4) is 0 Å². The Balaban J connectivity index is 2.24. The molecule has 4 nitrogen and oxygen atoms in total. The van der Waals surface area contributed by atoms with Gasteiger partial charge >= 0.3 is 0 Å². The number of nitrogens with one attached hydrogen (secondary N) is 1. The first-order chi connectivity index (χ1) is 6.83. The number of hydrogen-bond donors (Lipinski definition) is 1. The second-order valence-electron chi connectivity index (χ2n) is 2.77. The molecule has 0 radical (unpaired) electrons. The Morgan fingerprint density at radius 3 is 3.07 bits per heavy atom. The topological polar surface area (TPSA) is 54.9 Å². The molecule has 0 aliphatic carbocycles. The zero-order chi connectivity index (χ0) is 10.2. The lowest BCUT2D eigenvalue weighted by Gasteiger charge is -2.02. The average Bonchev–Trinajstić information content (AvgIpc) is 2.25. The van der Waals surface area contributed by atoms with Gasteiger partial charge in [0.05, 0.1) is 12.2 Å². The Bertz CT molecular complexity index is 279. The van der Waals surface area contributed by atoms with E-state index in [4.69, 9.17) is 11.6 Å². The maximum Gasteiger partial charge on any atom is 0.220 e. The third-order valence-corrected chi connectivity index (χ3v) is 1.91. The van der Waals surface area contributed by atoms with E-state index in [0.717, 1.165) is 5.69 Å². The Kier molecular flexibility index (Phi) is 4.93. The van der Waals surface area contributed by atoms with E-state index in [-0.39, 0.29) is 5.91 Å². The summed E-state index contributed by atoms with van der Waals surface area (Å²) in [6, 6.07) is 1.77. The molecule has 1 rings (SSSR count). The summed E-state index contributed by atoms with van der Waals surface area (Å²) in [5.41, 5.74) is 0.805. The van der Waals surface area contributed by atoms with Crippen molar-refractivity contribution in [2.45, 2.75) is 19.4 Å². The van der Waals surface area contributed by atoms with E-state index in [1.54, 1.807) is 12.3 Å². The Labute approximate surface area is 87.7 Å². The number of aromatic nitrogens is 2. The van der Waals surface area contributed by atoms with Crippen molar-refractivity contribution in [1.29, 1.82) is 0 Å². The summed E-state index contributed by atoms with van der Waals surface area (Å²) in [5, 5.41) is 2.75. The van der Waals surface area contributed by atoms with Gasteiger partial charge in [0.1, 0.15) is 6.33 Å². The molecule has 76 valence electrons. The van der Waals surface area contributed by atoms with Crippen molar-refractivity contribution in [3.05, 3.63) is 24.3 Å². The fourth-order valence-electron chi connectivity index (χ4n) is 0.928. The summed E-state index contributed by atoms with van der Waals surface area (Å²) < 4.78 is 0. The highest BCUT2D eigenvalue weighted by atomic mass is 35.5. The van der Waals surface area contributed by atoms with Crippen LogP contribution in [0.5, 0.6) is 0 Å². The van der Waals surface area contributed by atoms with Gasteiger partial charge in [-0.3, -0.25) is 4.79 Å². The van der Waals surface area contributed by atoms with Gasteiger partial charge in [-0.2, -0.15) is 0 Å². The van der Waals surface area contributed by atoms with Crippen molar-refractivity contribution in [3.8, 4) is 0 Å². The van der Waals surface area contributed by atoms with E-state index in [9.17, 15) is 4.79 Å². The number of amides is 1. The molecular weight excluding hydrogens is 202 g/mol. The summed E-state index contributed by atoms with van der Waals surface area (Å²) in [5.74, 6) is 0.519. The minimum Gasteiger partial charge on any atom is -0.350 e. The fraction of sp³-hybridized carbons (Fsp3) is 0.444. The zero-order valence-corrected chi connectivity index (χ0v) is 8.50. The van der Waals surface area contributed by atoms with E-state index < -0.39 is 0 Å². The molecule has 1 N–H and O–H groups in total. The molecule has 5 heteroatoms. The van der Waals surface area contributed by atoms with Crippen LogP contribution < -0.4 is 5.32 Å². The molecule has 0 aromatic carbocycles. The normalized spacial score (nSPS) is 9.79. The molecule has 1 amide bonds. The average molecular weight is 214 g/mol. The van der Waals surface area contributed by atoms with Gasteiger partial charge in [0.2, 0.25) is 5.91 Å². The van der Waals surface area contributed by atoms with Crippen molar-refractivity contribution in [2.75, 3.05) is 5.88 Å². The van der Waals surface area contributed by atoms with Crippen molar-refractivity contribution >= 4 is 17.5 Å². The van der Waals surface area contributed by atoms with Crippen LogP contribution >= 0.6 is 11.6 Å². The van der Waals surface area contributed by atoms with Crippen molar-refractivity contribution < 1.29 is 4.79 Å². The lowest BCUT2D eigenvalue weighted by molar-refractivity contribution is -0.121. The smallest absolute Gasteiger partial charge is 0.220 e. The minimum atomic E-state index is 0.00395. The molecule has 0 aliphatic rings. The molecule has 0 spiro atoms. The third kappa shape index (κ3) is 4.18. The highest BCUT2D eigenvalue weighted by molar-refractivity contribution is 6.17. The van der Waals surface area contributed by atoms with E-state index in [0.29, 0.717) is 25.3 Å². The van der Waals surface area contributed by atoms with Gasteiger partial charge in [0, 0.05) is 18.5 Å². The summed E-state index contributed by atoms with van der Waals surface area (Å²) in [6.45, 7) is 0.448. The van der Waals surface area contributed by atoms with Gasteiger partial charge in [-0.05, 0) is 12.5 Å². The molecule has 0 aliphatic heterocycles. The number of halogens is 1. The molecule has 1 heterocycles. The molecule has 0 fully saturated rings. The Morgan fingerprint density at radius 2 is 2.43 bits per heavy atom. The van der Waals surface area contributed by atoms with Gasteiger partial charge in [-0.1, -0.05) is 0 Å². The first-order valence-electron chi connectivity index (χ1n) is 4.40. The second kappa shape index (κ2) is 6.32. The van der Waals surface area contributed by atoms with Gasteiger partial charge in [-0.15, -0.1) is 11.6 Å². The molecule has 1 aromatic heterocycles. The molecule has 1 aromatic rings. The Hall–Kier alpha value is -1.16. The van der Waals surface area contributed by atoms with Crippen LogP contribution in [-0.4, -0.2) is 21.8 Å². The van der Waals surface area contributed by atoms with Crippen LogP contribution in [0.25, 0.3) is 0 Å². The van der Waals surface area contributed by atoms with Crippen LogP contribution in [0.4, 0.5) is 0 Å². The first-order valence-corrected chi connectivity index (χ1v) is 4.94. The molecule has 0 atom stereocenters. The van der Waals surface area contributed by atoms with Crippen LogP contribution in [-0.2, 0) is 11.3 Å². The van der Waals surface area contributed by atoms with E-state index in [2.05, 4.69) is 15.3 Å². The predicted molar refractivity (Wildman–Crippen MR) is 53.8 cm³/mol. The number of alkyl halides is 1. The minimum absolute atomic E-state index is 0.00395. The Morgan fingerprint density at radius 1 is 1.57 bits per heavy atom. The maximum atomic E-state index is 11.2. The summed E-state index contributed by atoms with van der Waals surface area (Å²) in [6.07, 6.45) is 4.28. The predicted octanol–water partition coefficient (Wildman–Crippen LogP) is 1.11. The van der Waals surface area contributed by atoms with Crippen molar-refractivity contribution in [2.24, 2.45) is 0 Å². The third-order valence-electron chi connectivity index (χ3n) is 1.65. The van der Waals surface area contributed by atoms with Crippen molar-refractivity contribution in [1.82, 2.24) is 15.3 Å². The van der Waals surface area contributed by atoms with Gasteiger partial charge in [-0.25, -0.2) is 9.97 Å². The first kappa shape index (κ1) is 10.9. The van der Waals surface area contributed by atoms with Crippen LogP contribution in [0.2, 0.25) is 0 Å². The number of rotatable bonds is 5. The van der Waals surface area contributed by atoms with Gasteiger partial charge in [0.25, 0.3) is 0 Å². The van der Waals surface area contributed by atoms with E-state index in [1.165, 1.54) is 6.33 Å². The summed E-state index contributed by atoms with van der Waals surface area (Å²) in [7, 11) is 0. The molecule has 0 unspecified atom stereocenters. The number of nitrogens with zero attached hydrogens (tertiary/aromatic N) is 2. The summed E-state index contributed by atoms with van der Waals surface area (Å²) in [4.78, 5) is 18.9. The van der Waals surface area contributed by atoms with E-state index >= 15 is 0 Å². The molecular formula is C9H12ClN3O. The fourth-order valence-corrected chi connectivity index (χ4v) is 1.06. The van der Waals surface area contributed by atoms with Crippen molar-refractivity contribution in [3.63, 3.8) is 0 Å². The standard InChI is InChI=1S/C9H12ClN3O/c10-4-1-2-9(14)12-6-8-3-5-11-7-13-8/h3,5,7H,1-2,4,6H2,(H,12,14). The van der Waals surface area contributed by atoms with Gasteiger partial charge < -0.3 is 5.32 Å². The zero-order valence-electron chi connectivity index (χ0n) is 7.74. The van der Waals surface area contributed by atoms with Crippen LogP contribution in [0, 0.1) is 0 Å². The largest absolute Gasteiger partial charge is 0.350 e. The van der Waals surface area contributed by atoms with E-state index in [1.807, 2.05) is 0 Å². The highest BCUT2D eigenvalue weighted by Crippen LogP contribution is 1.94. The number of carbonyl (C=O) groups excluding carboxylic acids is 1. The van der Waals surface area contributed by atoms with Crippen LogP contribution in [0.15, 0.2) is 18.6 Å². The molecule has 0 bridgehead atoms. The highest BCUT2D eigenvalue weighted by Gasteiger charge is 2.00. The number of carbonyl (C=O) groups is 1. The molecule has 0 saturated carbocycles. The number of hydrogen-bond acceptors (Lipinski definition) is 3.